The second kappa shape index (κ2) is 8.07. The molecule has 0 N–H and O–H groups in total. The Morgan fingerprint density at radius 2 is 1.56 bits per heavy atom. The summed E-state index contributed by atoms with van der Waals surface area (Å²) in [6.07, 6.45) is 8.00. The highest BCUT2D eigenvalue weighted by molar-refractivity contribution is 9.10. The van der Waals surface area contributed by atoms with Crippen LogP contribution in [0.1, 0.15) is 59.5 Å². The highest BCUT2D eigenvalue weighted by atomic mass is 79.9. The Bertz CT molecular complexity index is 1090. The van der Waals surface area contributed by atoms with Gasteiger partial charge in [0.15, 0.2) is 0 Å². The summed E-state index contributed by atoms with van der Waals surface area (Å²) >= 11 is 5.11. The Balaban J connectivity index is 1.34. The molecule has 4 nitrogen and oxygen atoms in total. The molecule has 0 aliphatic heterocycles. The van der Waals surface area contributed by atoms with Crippen molar-refractivity contribution in [2.45, 2.75) is 50.5 Å². The number of anilines is 1. The van der Waals surface area contributed by atoms with Crippen molar-refractivity contribution in [2.24, 2.45) is 17.8 Å². The molecule has 0 spiro atoms. The SMILES string of the molecule is O=C(c1ccc(Br)cc1)N(Cc1ccccc1)c1nnc(C23CC4CC(CC(C4)C2)C3)s1. The Kier molecular flexibility index (Phi) is 5.18. The first-order valence-corrected chi connectivity index (χ1v) is 13.1. The zero-order chi connectivity index (χ0) is 21.7. The largest absolute Gasteiger partial charge is 0.278 e. The fraction of sp³-hybridized carbons (Fsp3) is 0.423. The van der Waals surface area contributed by atoms with E-state index in [9.17, 15) is 4.79 Å². The second-order valence-electron chi connectivity index (χ2n) is 9.97. The average molecular weight is 508 g/mol. The molecule has 6 heteroatoms. The van der Waals surface area contributed by atoms with Gasteiger partial charge in [0, 0.05) is 15.5 Å². The van der Waals surface area contributed by atoms with E-state index in [1.54, 1.807) is 16.2 Å². The quantitative estimate of drug-likeness (QED) is 0.389. The van der Waals surface area contributed by atoms with Crippen molar-refractivity contribution in [1.82, 2.24) is 10.2 Å². The van der Waals surface area contributed by atoms with Crippen LogP contribution < -0.4 is 4.90 Å². The predicted molar refractivity (Wildman–Crippen MR) is 131 cm³/mol. The lowest BCUT2D eigenvalue weighted by atomic mass is 9.50. The van der Waals surface area contributed by atoms with Crippen LogP contribution in [0.3, 0.4) is 0 Å². The number of aromatic nitrogens is 2. The van der Waals surface area contributed by atoms with Gasteiger partial charge in [0.25, 0.3) is 5.91 Å². The van der Waals surface area contributed by atoms with Crippen LogP contribution >= 0.6 is 27.3 Å². The van der Waals surface area contributed by atoms with Gasteiger partial charge in [-0.15, -0.1) is 10.2 Å². The van der Waals surface area contributed by atoms with Crippen molar-refractivity contribution in [1.29, 1.82) is 0 Å². The molecule has 4 bridgehead atoms. The summed E-state index contributed by atoms with van der Waals surface area (Å²) in [6.45, 7) is 0.491. The maximum Gasteiger partial charge on any atom is 0.260 e. The van der Waals surface area contributed by atoms with Crippen LogP contribution in [0.4, 0.5) is 5.13 Å². The van der Waals surface area contributed by atoms with Crippen molar-refractivity contribution in [2.75, 3.05) is 4.90 Å². The minimum atomic E-state index is -0.0328. The molecule has 164 valence electrons. The number of amides is 1. The number of nitrogens with zero attached hydrogens (tertiary/aromatic N) is 3. The monoisotopic (exact) mass is 507 g/mol. The molecule has 7 rings (SSSR count). The summed E-state index contributed by atoms with van der Waals surface area (Å²) in [7, 11) is 0. The van der Waals surface area contributed by atoms with Gasteiger partial charge in [-0.05, 0) is 86.1 Å². The third-order valence-electron chi connectivity index (χ3n) is 7.66. The van der Waals surface area contributed by atoms with Gasteiger partial charge < -0.3 is 0 Å². The van der Waals surface area contributed by atoms with Crippen LogP contribution in [0, 0.1) is 17.8 Å². The number of hydrogen-bond acceptors (Lipinski definition) is 4. The molecule has 1 amide bonds. The number of rotatable bonds is 5. The summed E-state index contributed by atoms with van der Waals surface area (Å²) in [5.41, 5.74) is 1.95. The normalized spacial score (nSPS) is 28.1. The lowest BCUT2D eigenvalue weighted by Crippen LogP contribution is -2.48. The third kappa shape index (κ3) is 3.71. The van der Waals surface area contributed by atoms with E-state index in [0.29, 0.717) is 17.2 Å². The minimum absolute atomic E-state index is 0.0328. The van der Waals surface area contributed by atoms with Crippen LogP contribution in [0.2, 0.25) is 0 Å². The molecular weight excluding hydrogens is 482 g/mol. The van der Waals surface area contributed by atoms with Crippen LogP contribution in [0.5, 0.6) is 0 Å². The van der Waals surface area contributed by atoms with Gasteiger partial charge in [0.2, 0.25) is 5.13 Å². The molecule has 4 aliphatic rings. The molecule has 0 radical (unpaired) electrons. The fourth-order valence-corrected chi connectivity index (χ4v) is 7.98. The van der Waals surface area contributed by atoms with Gasteiger partial charge >= 0.3 is 0 Å². The topological polar surface area (TPSA) is 46.1 Å². The van der Waals surface area contributed by atoms with Crippen molar-refractivity contribution in [3.8, 4) is 0 Å². The summed E-state index contributed by atoms with van der Waals surface area (Å²) in [6, 6.07) is 17.7. The summed E-state index contributed by atoms with van der Waals surface area (Å²) in [4.78, 5) is 15.4. The first-order chi connectivity index (χ1) is 15.6. The first kappa shape index (κ1) is 20.5. The summed E-state index contributed by atoms with van der Waals surface area (Å²) in [5, 5.41) is 11.2. The lowest BCUT2D eigenvalue weighted by Gasteiger charge is -2.55. The van der Waals surface area contributed by atoms with Crippen LogP contribution in [0.15, 0.2) is 59.1 Å². The van der Waals surface area contributed by atoms with Crippen molar-refractivity contribution >= 4 is 38.3 Å². The minimum Gasteiger partial charge on any atom is -0.278 e. The van der Waals surface area contributed by atoms with Crippen molar-refractivity contribution in [3.63, 3.8) is 0 Å². The van der Waals surface area contributed by atoms with Gasteiger partial charge in [0.05, 0.1) is 6.54 Å². The molecule has 1 heterocycles. The van der Waals surface area contributed by atoms with E-state index in [0.717, 1.165) is 32.8 Å². The van der Waals surface area contributed by atoms with Gasteiger partial charge in [-0.3, -0.25) is 9.69 Å². The van der Waals surface area contributed by atoms with Gasteiger partial charge in [0.1, 0.15) is 5.01 Å². The second-order valence-corrected chi connectivity index (χ2v) is 11.8. The maximum absolute atomic E-state index is 13.6. The third-order valence-corrected chi connectivity index (χ3v) is 9.38. The van der Waals surface area contributed by atoms with Crippen molar-refractivity contribution < 1.29 is 4.79 Å². The molecule has 0 unspecified atom stereocenters. The molecule has 2 aromatic carbocycles. The highest BCUT2D eigenvalue weighted by Crippen LogP contribution is 2.61. The molecule has 4 saturated carbocycles. The standard InChI is InChI=1S/C26H26BrN3OS/c27-22-8-6-21(7-9-22)23(31)30(16-17-4-2-1-3-5-17)25-29-28-24(32-25)26-13-18-10-19(14-26)12-20(11-18)15-26/h1-9,18-20H,10-16H2. The van der Waals surface area contributed by atoms with E-state index in [1.807, 2.05) is 42.5 Å². The van der Waals surface area contributed by atoms with E-state index >= 15 is 0 Å². The maximum atomic E-state index is 13.6. The Hall–Kier alpha value is -2.05. The zero-order valence-corrected chi connectivity index (χ0v) is 20.3. The Labute approximate surface area is 201 Å². The number of benzene rings is 2. The summed E-state index contributed by atoms with van der Waals surface area (Å²) in [5.74, 6) is 2.55. The van der Waals surface area contributed by atoms with E-state index in [4.69, 9.17) is 5.10 Å². The van der Waals surface area contributed by atoms with Crippen molar-refractivity contribution in [3.05, 3.63) is 75.2 Å². The zero-order valence-electron chi connectivity index (χ0n) is 17.9. The Morgan fingerprint density at radius 1 is 0.938 bits per heavy atom. The van der Waals surface area contributed by atoms with E-state index < -0.39 is 0 Å². The molecule has 3 aromatic rings. The van der Waals surface area contributed by atoms with Crippen LogP contribution in [-0.4, -0.2) is 16.1 Å². The number of carbonyl (C=O) groups is 1. The van der Waals surface area contributed by atoms with E-state index in [2.05, 4.69) is 33.2 Å². The van der Waals surface area contributed by atoms with E-state index in [-0.39, 0.29) is 11.3 Å². The molecule has 32 heavy (non-hydrogen) atoms. The Morgan fingerprint density at radius 3 is 2.19 bits per heavy atom. The highest BCUT2D eigenvalue weighted by Gasteiger charge is 2.53. The van der Waals surface area contributed by atoms with Crippen LogP contribution in [0.25, 0.3) is 0 Å². The fourth-order valence-electron chi connectivity index (χ4n) is 6.65. The lowest BCUT2D eigenvalue weighted by molar-refractivity contribution is -0.00555. The molecule has 4 fully saturated rings. The summed E-state index contributed by atoms with van der Waals surface area (Å²) < 4.78 is 0.962. The molecular formula is C26H26BrN3OS. The molecule has 1 aromatic heterocycles. The van der Waals surface area contributed by atoms with Gasteiger partial charge in [-0.1, -0.05) is 57.6 Å². The number of carbonyl (C=O) groups excluding carboxylic acids is 1. The molecule has 4 aliphatic carbocycles. The number of halogens is 1. The van der Waals surface area contributed by atoms with Gasteiger partial charge in [-0.25, -0.2) is 0 Å². The predicted octanol–water partition coefficient (Wildman–Crippen LogP) is 6.62. The average Bonchev–Trinajstić information content (AvgIpc) is 3.28. The first-order valence-electron chi connectivity index (χ1n) is 11.5. The molecule has 0 saturated heterocycles. The molecule has 0 atom stereocenters. The van der Waals surface area contributed by atoms with E-state index in [1.165, 1.54) is 38.5 Å². The number of hydrogen-bond donors (Lipinski definition) is 0. The smallest absolute Gasteiger partial charge is 0.260 e. The van der Waals surface area contributed by atoms with Crippen LogP contribution in [-0.2, 0) is 12.0 Å². The van der Waals surface area contributed by atoms with Gasteiger partial charge in [-0.2, -0.15) is 0 Å².